The number of hydrogen-bond donors (Lipinski definition) is 0. The number of hydrogen-bond acceptors (Lipinski definition) is 2. The Balaban J connectivity index is 1.09. The summed E-state index contributed by atoms with van der Waals surface area (Å²) in [7, 11) is 0. The lowest BCUT2D eigenvalue weighted by atomic mass is 9.99. The van der Waals surface area contributed by atoms with E-state index in [2.05, 4.69) is 157 Å². The third-order valence-electron chi connectivity index (χ3n) is 7.61. The zero-order valence-corrected chi connectivity index (χ0v) is 23.0. The van der Waals surface area contributed by atoms with Gasteiger partial charge in [0.05, 0.1) is 0 Å². The first kappa shape index (κ1) is 24.4. The van der Waals surface area contributed by atoms with Gasteiger partial charge in [0.1, 0.15) is 0 Å². The van der Waals surface area contributed by atoms with E-state index in [4.69, 9.17) is 0 Å². The van der Waals surface area contributed by atoms with Crippen LogP contribution in [-0.2, 0) is 12.8 Å². The molecule has 0 bridgehead atoms. The SMILES string of the molecule is c1ccc(N(c2ccccc2)c2ccc(-c3ccc(CCc4cccc5c4sc4ccccc45)cc3)cc2)cc1. The van der Waals surface area contributed by atoms with Crippen LogP contribution in [-0.4, -0.2) is 0 Å². The van der Waals surface area contributed by atoms with Gasteiger partial charge in [-0.2, -0.15) is 0 Å². The van der Waals surface area contributed by atoms with E-state index in [0.29, 0.717) is 0 Å². The van der Waals surface area contributed by atoms with Gasteiger partial charge in [-0.1, -0.05) is 109 Å². The first-order valence-corrected chi connectivity index (χ1v) is 14.6. The molecule has 1 aromatic heterocycles. The Morgan fingerprint density at radius 1 is 0.425 bits per heavy atom. The topological polar surface area (TPSA) is 3.24 Å². The van der Waals surface area contributed by atoms with Crippen LogP contribution in [0.2, 0.25) is 0 Å². The maximum atomic E-state index is 2.30. The summed E-state index contributed by atoms with van der Waals surface area (Å²) in [4.78, 5) is 2.30. The molecule has 1 heterocycles. The third kappa shape index (κ3) is 4.79. The lowest BCUT2D eigenvalue weighted by Crippen LogP contribution is -2.09. The van der Waals surface area contributed by atoms with Crippen molar-refractivity contribution in [3.63, 3.8) is 0 Å². The zero-order chi connectivity index (χ0) is 26.7. The van der Waals surface area contributed by atoms with E-state index in [1.165, 1.54) is 42.4 Å². The molecule has 0 fully saturated rings. The Labute approximate surface area is 239 Å². The largest absolute Gasteiger partial charge is 0.311 e. The number of nitrogens with zero attached hydrogens (tertiary/aromatic N) is 1. The molecule has 0 unspecified atom stereocenters. The summed E-state index contributed by atoms with van der Waals surface area (Å²) in [5.74, 6) is 0. The first-order valence-electron chi connectivity index (χ1n) is 13.8. The van der Waals surface area contributed by atoms with Crippen molar-refractivity contribution in [1.29, 1.82) is 0 Å². The molecular formula is C38H29NS. The van der Waals surface area contributed by atoms with E-state index in [0.717, 1.165) is 29.9 Å². The Morgan fingerprint density at radius 2 is 0.975 bits per heavy atom. The molecule has 0 N–H and O–H groups in total. The summed E-state index contributed by atoms with van der Waals surface area (Å²) in [5.41, 5.74) is 8.74. The Kier molecular flexibility index (Phi) is 6.61. The Morgan fingerprint density at radius 3 is 1.65 bits per heavy atom. The van der Waals surface area contributed by atoms with Gasteiger partial charge >= 0.3 is 0 Å². The van der Waals surface area contributed by atoms with E-state index in [-0.39, 0.29) is 0 Å². The maximum absolute atomic E-state index is 2.30. The van der Waals surface area contributed by atoms with E-state index >= 15 is 0 Å². The monoisotopic (exact) mass is 531 g/mol. The molecular weight excluding hydrogens is 502 g/mol. The second kappa shape index (κ2) is 10.8. The average molecular weight is 532 g/mol. The molecule has 40 heavy (non-hydrogen) atoms. The summed E-state index contributed by atoms with van der Waals surface area (Å²) < 4.78 is 2.80. The van der Waals surface area contributed by atoms with Crippen molar-refractivity contribution >= 4 is 48.6 Å². The number of anilines is 3. The summed E-state index contributed by atoms with van der Waals surface area (Å²) in [6, 6.07) is 54.6. The fraction of sp³-hybridized carbons (Fsp3) is 0.0526. The quantitative estimate of drug-likeness (QED) is 0.198. The van der Waals surface area contributed by atoms with Crippen LogP contribution in [0.25, 0.3) is 31.3 Å². The summed E-state index contributed by atoms with van der Waals surface area (Å²) >= 11 is 1.92. The molecule has 6 aromatic carbocycles. The van der Waals surface area contributed by atoms with Gasteiger partial charge in [-0.05, 0) is 77.6 Å². The molecule has 0 spiro atoms. The average Bonchev–Trinajstić information content (AvgIpc) is 3.41. The third-order valence-corrected chi connectivity index (χ3v) is 8.87. The Bertz CT molecular complexity index is 1830. The van der Waals surface area contributed by atoms with Crippen molar-refractivity contribution in [3.8, 4) is 11.1 Å². The number of para-hydroxylation sites is 2. The molecule has 0 aliphatic heterocycles. The molecule has 0 saturated heterocycles. The minimum atomic E-state index is 1.04. The fourth-order valence-corrected chi connectivity index (χ4v) is 6.79. The van der Waals surface area contributed by atoms with Crippen molar-refractivity contribution < 1.29 is 0 Å². The minimum Gasteiger partial charge on any atom is -0.311 e. The van der Waals surface area contributed by atoms with Gasteiger partial charge in [0, 0.05) is 37.2 Å². The van der Waals surface area contributed by atoms with Gasteiger partial charge in [-0.15, -0.1) is 11.3 Å². The first-order chi connectivity index (χ1) is 19.8. The molecule has 192 valence electrons. The number of fused-ring (bicyclic) bond motifs is 3. The highest BCUT2D eigenvalue weighted by molar-refractivity contribution is 7.26. The molecule has 0 saturated carbocycles. The number of benzene rings is 6. The summed E-state index contributed by atoms with van der Waals surface area (Å²) in [6.07, 6.45) is 2.09. The molecule has 0 aliphatic carbocycles. The van der Waals surface area contributed by atoms with Crippen LogP contribution in [0.15, 0.2) is 152 Å². The van der Waals surface area contributed by atoms with Crippen LogP contribution < -0.4 is 4.90 Å². The fourth-order valence-electron chi connectivity index (χ4n) is 5.55. The standard InChI is InChI=1S/C38H29NS/c1-3-11-32(12-4-1)39(33-13-5-2-6-14-33)34-26-24-30(25-27-34)29-21-18-28(19-22-29)20-23-31-10-9-16-36-35-15-7-8-17-37(35)40-38(31)36/h1-19,21-22,24-27H,20,23H2. The smallest absolute Gasteiger partial charge is 0.0462 e. The molecule has 0 amide bonds. The minimum absolute atomic E-state index is 1.04. The van der Waals surface area contributed by atoms with Crippen LogP contribution in [0.3, 0.4) is 0 Å². The second-order valence-corrected chi connectivity index (χ2v) is 11.2. The molecule has 1 nitrogen and oxygen atoms in total. The van der Waals surface area contributed by atoms with Crippen molar-refractivity contribution in [3.05, 3.63) is 163 Å². The molecule has 7 rings (SSSR count). The number of aryl methyl sites for hydroxylation is 2. The van der Waals surface area contributed by atoms with Crippen LogP contribution >= 0.6 is 11.3 Å². The van der Waals surface area contributed by atoms with Crippen molar-refractivity contribution in [2.45, 2.75) is 12.8 Å². The van der Waals surface area contributed by atoms with Crippen LogP contribution in [0.5, 0.6) is 0 Å². The Hall–Kier alpha value is -4.66. The highest BCUT2D eigenvalue weighted by Gasteiger charge is 2.12. The molecule has 7 aromatic rings. The highest BCUT2D eigenvalue weighted by Crippen LogP contribution is 2.37. The van der Waals surface area contributed by atoms with Crippen LogP contribution in [0.4, 0.5) is 17.1 Å². The van der Waals surface area contributed by atoms with E-state index < -0.39 is 0 Å². The predicted octanol–water partition coefficient (Wildman–Crippen LogP) is 11.0. The van der Waals surface area contributed by atoms with Crippen molar-refractivity contribution in [1.82, 2.24) is 0 Å². The second-order valence-electron chi connectivity index (χ2n) is 10.1. The maximum Gasteiger partial charge on any atom is 0.0462 e. The molecule has 2 heteroatoms. The van der Waals surface area contributed by atoms with Gasteiger partial charge in [-0.3, -0.25) is 0 Å². The summed E-state index contributed by atoms with van der Waals surface area (Å²) in [5, 5.41) is 2.75. The van der Waals surface area contributed by atoms with Gasteiger partial charge in [0.15, 0.2) is 0 Å². The summed E-state index contributed by atoms with van der Waals surface area (Å²) in [6.45, 7) is 0. The number of rotatable bonds is 7. The van der Waals surface area contributed by atoms with Gasteiger partial charge in [0.25, 0.3) is 0 Å². The molecule has 0 aliphatic rings. The van der Waals surface area contributed by atoms with Gasteiger partial charge in [0.2, 0.25) is 0 Å². The number of thiophene rings is 1. The zero-order valence-electron chi connectivity index (χ0n) is 22.2. The van der Waals surface area contributed by atoms with E-state index in [1.807, 2.05) is 11.3 Å². The highest BCUT2D eigenvalue weighted by atomic mass is 32.1. The normalized spacial score (nSPS) is 11.2. The van der Waals surface area contributed by atoms with Gasteiger partial charge in [-0.25, -0.2) is 0 Å². The van der Waals surface area contributed by atoms with Crippen LogP contribution in [0, 0.1) is 0 Å². The molecule has 0 atom stereocenters. The molecule has 0 radical (unpaired) electrons. The lowest BCUT2D eigenvalue weighted by Gasteiger charge is -2.25. The van der Waals surface area contributed by atoms with E-state index in [9.17, 15) is 0 Å². The predicted molar refractivity (Wildman–Crippen MR) is 173 cm³/mol. The van der Waals surface area contributed by atoms with Crippen LogP contribution in [0.1, 0.15) is 11.1 Å². The van der Waals surface area contributed by atoms with Crippen molar-refractivity contribution in [2.24, 2.45) is 0 Å². The van der Waals surface area contributed by atoms with Crippen molar-refractivity contribution in [2.75, 3.05) is 4.90 Å². The lowest BCUT2D eigenvalue weighted by molar-refractivity contribution is 0.971. The van der Waals surface area contributed by atoms with Gasteiger partial charge < -0.3 is 4.90 Å². The van der Waals surface area contributed by atoms with E-state index in [1.54, 1.807) is 0 Å².